The molecule has 5 heteroatoms. The largest absolute Gasteiger partial charge is 0.444 e. The zero-order valence-corrected chi connectivity index (χ0v) is 9.72. The van der Waals surface area contributed by atoms with Crippen molar-refractivity contribution in [3.63, 3.8) is 0 Å². The van der Waals surface area contributed by atoms with Gasteiger partial charge in [-0.25, -0.2) is 4.98 Å². The van der Waals surface area contributed by atoms with E-state index in [1.165, 1.54) is 6.39 Å². The molecule has 1 aromatic carbocycles. The molecule has 0 aliphatic heterocycles. The maximum atomic E-state index is 11.8. The molecule has 0 radical (unpaired) electrons. The molecule has 0 bridgehead atoms. The van der Waals surface area contributed by atoms with Crippen molar-refractivity contribution in [2.75, 3.05) is 5.32 Å². The van der Waals surface area contributed by atoms with Crippen LogP contribution in [-0.2, 0) is 4.79 Å². The van der Waals surface area contributed by atoms with Crippen LogP contribution in [0, 0.1) is 0 Å². The van der Waals surface area contributed by atoms with E-state index in [0.29, 0.717) is 11.4 Å². The minimum atomic E-state index is -0.664. The van der Waals surface area contributed by atoms with Gasteiger partial charge in [0, 0.05) is 11.3 Å². The molecule has 1 aliphatic carbocycles. The van der Waals surface area contributed by atoms with E-state index in [0.717, 1.165) is 18.4 Å². The number of oxazole rings is 1. The van der Waals surface area contributed by atoms with Gasteiger partial charge in [-0.3, -0.25) is 4.79 Å². The van der Waals surface area contributed by atoms with E-state index in [9.17, 15) is 4.79 Å². The summed E-state index contributed by atoms with van der Waals surface area (Å²) in [5, 5.41) is 2.82. The molecule has 0 unspecified atom stereocenters. The molecule has 0 saturated heterocycles. The number of amides is 1. The quantitative estimate of drug-likeness (QED) is 0.860. The van der Waals surface area contributed by atoms with E-state index in [2.05, 4.69) is 10.3 Å². The molecular weight excluding hydrogens is 230 g/mol. The third-order valence-electron chi connectivity index (χ3n) is 3.08. The predicted octanol–water partition coefficient (Wildman–Crippen LogP) is 1.77. The van der Waals surface area contributed by atoms with Gasteiger partial charge in [0.25, 0.3) is 0 Å². The van der Waals surface area contributed by atoms with E-state index in [4.69, 9.17) is 10.2 Å². The fourth-order valence-electron chi connectivity index (χ4n) is 1.73. The lowest BCUT2D eigenvalue weighted by Gasteiger charge is -2.10. The third kappa shape index (κ3) is 2.00. The number of nitrogens with one attached hydrogen (secondary N) is 1. The Kier molecular flexibility index (Phi) is 2.41. The fourth-order valence-corrected chi connectivity index (χ4v) is 1.73. The van der Waals surface area contributed by atoms with Crippen molar-refractivity contribution in [3.8, 4) is 11.3 Å². The summed E-state index contributed by atoms with van der Waals surface area (Å²) in [5.74, 6) is 0.539. The average molecular weight is 243 g/mol. The van der Waals surface area contributed by atoms with Crippen LogP contribution in [0.2, 0.25) is 0 Å². The Morgan fingerprint density at radius 2 is 2.28 bits per heavy atom. The van der Waals surface area contributed by atoms with Gasteiger partial charge in [-0.15, -0.1) is 0 Å². The number of aromatic nitrogens is 1. The topological polar surface area (TPSA) is 81.2 Å². The van der Waals surface area contributed by atoms with Crippen molar-refractivity contribution in [1.29, 1.82) is 0 Å². The van der Waals surface area contributed by atoms with E-state index < -0.39 is 5.54 Å². The Morgan fingerprint density at radius 3 is 2.94 bits per heavy atom. The highest BCUT2D eigenvalue weighted by atomic mass is 16.3. The Balaban J connectivity index is 1.81. The summed E-state index contributed by atoms with van der Waals surface area (Å²) in [5.41, 5.74) is 6.75. The summed E-state index contributed by atoms with van der Waals surface area (Å²) in [6.45, 7) is 0. The molecule has 18 heavy (non-hydrogen) atoms. The highest BCUT2D eigenvalue weighted by Gasteiger charge is 2.45. The first-order valence-corrected chi connectivity index (χ1v) is 5.77. The average Bonchev–Trinajstić information content (AvgIpc) is 2.93. The molecule has 1 fully saturated rings. The van der Waals surface area contributed by atoms with Crippen molar-refractivity contribution in [3.05, 3.63) is 36.9 Å². The Morgan fingerprint density at radius 1 is 1.44 bits per heavy atom. The lowest BCUT2D eigenvalue weighted by molar-refractivity contribution is -0.118. The summed E-state index contributed by atoms with van der Waals surface area (Å²) < 4.78 is 5.21. The first kappa shape index (κ1) is 11.0. The number of rotatable bonds is 3. The van der Waals surface area contributed by atoms with Crippen LogP contribution in [-0.4, -0.2) is 16.4 Å². The summed E-state index contributed by atoms with van der Waals surface area (Å²) in [6, 6.07) is 7.41. The first-order valence-electron chi connectivity index (χ1n) is 5.77. The second kappa shape index (κ2) is 3.96. The van der Waals surface area contributed by atoms with Gasteiger partial charge in [0.2, 0.25) is 5.91 Å². The summed E-state index contributed by atoms with van der Waals surface area (Å²) >= 11 is 0. The van der Waals surface area contributed by atoms with Gasteiger partial charge in [-0.05, 0) is 25.0 Å². The molecule has 1 aliphatic rings. The van der Waals surface area contributed by atoms with Gasteiger partial charge >= 0.3 is 0 Å². The number of benzene rings is 1. The van der Waals surface area contributed by atoms with Crippen molar-refractivity contribution >= 4 is 11.6 Å². The van der Waals surface area contributed by atoms with Crippen LogP contribution in [0.1, 0.15) is 12.8 Å². The van der Waals surface area contributed by atoms with Crippen molar-refractivity contribution in [1.82, 2.24) is 4.98 Å². The minimum absolute atomic E-state index is 0.128. The monoisotopic (exact) mass is 243 g/mol. The zero-order valence-electron chi connectivity index (χ0n) is 9.72. The smallest absolute Gasteiger partial charge is 0.244 e. The predicted molar refractivity (Wildman–Crippen MR) is 66.7 cm³/mol. The van der Waals surface area contributed by atoms with Crippen molar-refractivity contribution in [2.45, 2.75) is 18.4 Å². The van der Waals surface area contributed by atoms with E-state index >= 15 is 0 Å². The minimum Gasteiger partial charge on any atom is -0.444 e. The fraction of sp³-hybridized carbons (Fsp3) is 0.231. The van der Waals surface area contributed by atoms with Gasteiger partial charge < -0.3 is 15.5 Å². The van der Waals surface area contributed by atoms with E-state index in [-0.39, 0.29) is 5.91 Å². The molecule has 2 aromatic rings. The van der Waals surface area contributed by atoms with E-state index in [1.807, 2.05) is 24.3 Å². The number of hydrogen-bond acceptors (Lipinski definition) is 4. The van der Waals surface area contributed by atoms with Crippen molar-refractivity contribution in [2.24, 2.45) is 5.73 Å². The van der Waals surface area contributed by atoms with Crippen LogP contribution in [0.5, 0.6) is 0 Å². The number of carbonyl (C=O) groups is 1. The van der Waals surface area contributed by atoms with Gasteiger partial charge in [0.15, 0.2) is 12.2 Å². The molecule has 1 saturated carbocycles. The number of carbonyl (C=O) groups excluding carboxylic acids is 1. The summed E-state index contributed by atoms with van der Waals surface area (Å²) in [6.07, 6.45) is 4.51. The maximum Gasteiger partial charge on any atom is 0.244 e. The number of hydrogen-bond donors (Lipinski definition) is 2. The molecule has 1 aromatic heterocycles. The van der Waals surface area contributed by atoms with Crippen LogP contribution < -0.4 is 11.1 Å². The normalized spacial score (nSPS) is 16.3. The lowest BCUT2D eigenvalue weighted by Crippen LogP contribution is -2.37. The molecular formula is C13H13N3O2. The molecule has 5 nitrogen and oxygen atoms in total. The third-order valence-corrected chi connectivity index (χ3v) is 3.08. The molecule has 0 atom stereocenters. The van der Waals surface area contributed by atoms with Crippen molar-refractivity contribution < 1.29 is 9.21 Å². The molecule has 3 rings (SSSR count). The molecule has 92 valence electrons. The molecule has 0 spiro atoms. The van der Waals surface area contributed by atoms with Crippen LogP contribution in [0.3, 0.4) is 0 Å². The van der Waals surface area contributed by atoms with Gasteiger partial charge in [-0.2, -0.15) is 0 Å². The zero-order chi connectivity index (χ0) is 12.6. The van der Waals surface area contributed by atoms with Gasteiger partial charge in [0.1, 0.15) is 0 Å². The standard InChI is InChI=1S/C13H13N3O2/c14-13(4-5-13)12(17)16-10-3-1-2-9(6-10)11-7-15-8-18-11/h1-3,6-8H,4-5,14H2,(H,16,17). The van der Waals surface area contributed by atoms with Gasteiger partial charge in [0.05, 0.1) is 11.7 Å². The van der Waals surface area contributed by atoms with Crippen LogP contribution >= 0.6 is 0 Å². The molecule has 3 N–H and O–H groups in total. The Hall–Kier alpha value is -2.14. The molecule has 1 amide bonds. The van der Waals surface area contributed by atoms with E-state index in [1.54, 1.807) is 6.20 Å². The SMILES string of the molecule is NC1(C(=O)Nc2cccc(-c3cnco3)c2)CC1. The molecule has 1 heterocycles. The second-order valence-corrected chi connectivity index (χ2v) is 4.56. The maximum absolute atomic E-state index is 11.8. The van der Waals surface area contributed by atoms with Gasteiger partial charge in [-0.1, -0.05) is 12.1 Å². The Bertz CT molecular complexity index is 574. The highest BCUT2D eigenvalue weighted by molar-refractivity contribution is 6.00. The first-order chi connectivity index (χ1) is 8.67. The van der Waals surface area contributed by atoms with Crippen LogP contribution in [0.15, 0.2) is 41.3 Å². The summed E-state index contributed by atoms with van der Waals surface area (Å²) in [4.78, 5) is 15.7. The lowest BCUT2D eigenvalue weighted by atomic mass is 10.1. The number of nitrogens with zero attached hydrogens (tertiary/aromatic N) is 1. The van der Waals surface area contributed by atoms with Crippen LogP contribution in [0.4, 0.5) is 5.69 Å². The number of nitrogens with two attached hydrogens (primary N) is 1. The van der Waals surface area contributed by atoms with Crippen LogP contribution in [0.25, 0.3) is 11.3 Å². The second-order valence-electron chi connectivity index (χ2n) is 4.56. The Labute approximate surface area is 104 Å². The number of anilines is 1. The highest BCUT2D eigenvalue weighted by Crippen LogP contribution is 2.33. The summed E-state index contributed by atoms with van der Waals surface area (Å²) in [7, 11) is 0.